The number of ether oxygens (including phenoxy) is 1. The highest BCUT2D eigenvalue weighted by atomic mass is 16.5. The van der Waals surface area contributed by atoms with Gasteiger partial charge in [0.25, 0.3) is 5.91 Å². The standard InChI is InChI=1S/C15H20N4O2/c1-12(18-6-8-21-9-7-18)10-16-15(20)13-11-19-5-3-2-4-14(19)17-13/h2-5,11-12H,6-10H2,1H3,(H,16,20). The van der Waals surface area contributed by atoms with E-state index in [2.05, 4.69) is 22.1 Å². The van der Waals surface area contributed by atoms with Crippen LogP contribution >= 0.6 is 0 Å². The molecule has 1 fully saturated rings. The van der Waals surface area contributed by atoms with Gasteiger partial charge >= 0.3 is 0 Å². The van der Waals surface area contributed by atoms with Gasteiger partial charge in [-0.1, -0.05) is 6.07 Å². The molecule has 0 bridgehead atoms. The van der Waals surface area contributed by atoms with Crippen LogP contribution in [0.5, 0.6) is 0 Å². The van der Waals surface area contributed by atoms with Gasteiger partial charge in [-0.15, -0.1) is 0 Å². The summed E-state index contributed by atoms with van der Waals surface area (Å²) in [6.07, 6.45) is 3.64. The Labute approximate surface area is 123 Å². The molecule has 0 saturated carbocycles. The molecule has 6 heteroatoms. The average molecular weight is 288 g/mol. The van der Waals surface area contributed by atoms with Gasteiger partial charge in [0.2, 0.25) is 0 Å². The Morgan fingerprint density at radius 1 is 1.43 bits per heavy atom. The van der Waals surface area contributed by atoms with Gasteiger partial charge in [0.1, 0.15) is 11.3 Å². The first kappa shape index (κ1) is 14.0. The maximum absolute atomic E-state index is 12.2. The summed E-state index contributed by atoms with van der Waals surface area (Å²) in [7, 11) is 0. The topological polar surface area (TPSA) is 58.9 Å². The van der Waals surface area contributed by atoms with Gasteiger partial charge in [0, 0.05) is 38.1 Å². The van der Waals surface area contributed by atoms with E-state index < -0.39 is 0 Å². The van der Waals surface area contributed by atoms with Gasteiger partial charge in [0.05, 0.1) is 13.2 Å². The lowest BCUT2D eigenvalue weighted by Crippen LogP contribution is -2.47. The Hall–Kier alpha value is -1.92. The van der Waals surface area contributed by atoms with Crippen molar-refractivity contribution in [3.05, 3.63) is 36.3 Å². The smallest absolute Gasteiger partial charge is 0.271 e. The Balaban J connectivity index is 1.58. The highest BCUT2D eigenvalue weighted by molar-refractivity contribution is 5.92. The lowest BCUT2D eigenvalue weighted by molar-refractivity contribution is 0.0204. The normalized spacial score (nSPS) is 17.8. The monoisotopic (exact) mass is 288 g/mol. The SMILES string of the molecule is CC(CNC(=O)c1cn2ccccc2n1)N1CCOCC1. The molecule has 1 atom stereocenters. The summed E-state index contributed by atoms with van der Waals surface area (Å²) < 4.78 is 7.18. The van der Waals surface area contributed by atoms with Crippen LogP contribution in [-0.2, 0) is 4.74 Å². The van der Waals surface area contributed by atoms with E-state index in [1.54, 1.807) is 6.20 Å². The fourth-order valence-corrected chi connectivity index (χ4v) is 2.52. The van der Waals surface area contributed by atoms with Crippen LogP contribution in [0.1, 0.15) is 17.4 Å². The number of nitrogens with zero attached hydrogens (tertiary/aromatic N) is 3. The van der Waals surface area contributed by atoms with Crippen molar-refractivity contribution in [2.45, 2.75) is 13.0 Å². The quantitative estimate of drug-likeness (QED) is 0.903. The van der Waals surface area contributed by atoms with E-state index in [1.807, 2.05) is 28.8 Å². The summed E-state index contributed by atoms with van der Waals surface area (Å²) in [6.45, 7) is 6.12. The second-order valence-corrected chi connectivity index (χ2v) is 5.30. The van der Waals surface area contributed by atoms with Gasteiger partial charge in [-0.05, 0) is 19.1 Å². The molecule has 0 aliphatic carbocycles. The first-order valence-corrected chi connectivity index (χ1v) is 7.28. The van der Waals surface area contributed by atoms with Gasteiger partial charge < -0.3 is 14.5 Å². The number of pyridine rings is 1. The van der Waals surface area contributed by atoms with Crippen LogP contribution in [0, 0.1) is 0 Å². The fraction of sp³-hybridized carbons (Fsp3) is 0.467. The van der Waals surface area contributed by atoms with Crippen molar-refractivity contribution in [1.82, 2.24) is 19.6 Å². The van der Waals surface area contributed by atoms with Crippen molar-refractivity contribution < 1.29 is 9.53 Å². The molecule has 3 heterocycles. The van der Waals surface area contributed by atoms with Crippen LogP contribution in [0.25, 0.3) is 5.65 Å². The summed E-state index contributed by atoms with van der Waals surface area (Å²) >= 11 is 0. The summed E-state index contributed by atoms with van der Waals surface area (Å²) in [5.41, 5.74) is 1.24. The first-order chi connectivity index (χ1) is 10.2. The third kappa shape index (κ3) is 3.22. The average Bonchev–Trinajstić information content (AvgIpc) is 2.97. The van der Waals surface area contributed by atoms with Crippen molar-refractivity contribution >= 4 is 11.6 Å². The summed E-state index contributed by atoms with van der Waals surface area (Å²) in [5, 5.41) is 2.96. The predicted octanol–water partition coefficient (Wildman–Crippen LogP) is 0.785. The van der Waals surface area contributed by atoms with E-state index in [0.29, 0.717) is 18.3 Å². The van der Waals surface area contributed by atoms with Crippen LogP contribution in [0.15, 0.2) is 30.6 Å². The molecule has 6 nitrogen and oxygen atoms in total. The lowest BCUT2D eigenvalue weighted by Gasteiger charge is -2.32. The summed E-state index contributed by atoms with van der Waals surface area (Å²) in [6, 6.07) is 6.00. The number of morpholine rings is 1. The maximum atomic E-state index is 12.2. The number of carbonyl (C=O) groups is 1. The number of fused-ring (bicyclic) bond motifs is 1. The van der Waals surface area contributed by atoms with E-state index in [4.69, 9.17) is 4.74 Å². The molecule has 0 spiro atoms. The van der Waals surface area contributed by atoms with E-state index >= 15 is 0 Å². The first-order valence-electron chi connectivity index (χ1n) is 7.28. The predicted molar refractivity (Wildman–Crippen MR) is 79.4 cm³/mol. The molecule has 0 radical (unpaired) electrons. The van der Waals surface area contributed by atoms with Gasteiger partial charge in [-0.25, -0.2) is 4.98 Å². The lowest BCUT2D eigenvalue weighted by atomic mass is 10.2. The van der Waals surface area contributed by atoms with Crippen molar-refractivity contribution in [1.29, 1.82) is 0 Å². The van der Waals surface area contributed by atoms with Crippen LogP contribution < -0.4 is 5.32 Å². The molecule has 2 aromatic heterocycles. The van der Waals surface area contributed by atoms with E-state index in [0.717, 1.165) is 32.0 Å². The minimum absolute atomic E-state index is 0.126. The molecule has 112 valence electrons. The zero-order valence-corrected chi connectivity index (χ0v) is 12.2. The Kier molecular flexibility index (Phi) is 4.17. The molecule has 21 heavy (non-hydrogen) atoms. The maximum Gasteiger partial charge on any atom is 0.271 e. The minimum Gasteiger partial charge on any atom is -0.379 e. The molecule has 1 saturated heterocycles. The second-order valence-electron chi connectivity index (χ2n) is 5.30. The highest BCUT2D eigenvalue weighted by Gasteiger charge is 2.18. The van der Waals surface area contributed by atoms with Gasteiger partial charge in [-0.2, -0.15) is 0 Å². The zero-order chi connectivity index (χ0) is 14.7. The molecule has 1 aliphatic rings. The van der Waals surface area contributed by atoms with Crippen LogP contribution in [-0.4, -0.2) is 59.1 Å². The number of imidazole rings is 1. The van der Waals surface area contributed by atoms with Crippen molar-refractivity contribution in [3.8, 4) is 0 Å². The Morgan fingerprint density at radius 3 is 3.00 bits per heavy atom. The largest absolute Gasteiger partial charge is 0.379 e. The number of hydrogen-bond acceptors (Lipinski definition) is 4. The number of hydrogen-bond donors (Lipinski definition) is 1. The Morgan fingerprint density at radius 2 is 2.24 bits per heavy atom. The number of amides is 1. The molecule has 1 N–H and O–H groups in total. The molecular weight excluding hydrogens is 268 g/mol. The van der Waals surface area contributed by atoms with Gasteiger partial charge in [0.15, 0.2) is 0 Å². The zero-order valence-electron chi connectivity index (χ0n) is 12.2. The van der Waals surface area contributed by atoms with E-state index in [1.165, 1.54) is 0 Å². The van der Waals surface area contributed by atoms with Crippen LogP contribution in [0.4, 0.5) is 0 Å². The number of carbonyl (C=O) groups excluding carboxylic acids is 1. The van der Waals surface area contributed by atoms with E-state index in [-0.39, 0.29) is 5.91 Å². The molecule has 3 rings (SSSR count). The molecule has 0 aromatic carbocycles. The van der Waals surface area contributed by atoms with Crippen molar-refractivity contribution in [3.63, 3.8) is 0 Å². The fourth-order valence-electron chi connectivity index (χ4n) is 2.52. The van der Waals surface area contributed by atoms with Crippen LogP contribution in [0.2, 0.25) is 0 Å². The van der Waals surface area contributed by atoms with E-state index in [9.17, 15) is 4.79 Å². The summed E-state index contributed by atoms with van der Waals surface area (Å²) in [5.74, 6) is -0.126. The number of aromatic nitrogens is 2. The molecule has 1 amide bonds. The second kappa shape index (κ2) is 6.24. The number of nitrogens with one attached hydrogen (secondary N) is 1. The van der Waals surface area contributed by atoms with Crippen LogP contribution in [0.3, 0.4) is 0 Å². The Bertz CT molecular complexity index is 586. The molecule has 1 aliphatic heterocycles. The number of rotatable bonds is 4. The molecule has 2 aromatic rings. The molecular formula is C15H20N4O2. The van der Waals surface area contributed by atoms with Gasteiger partial charge in [-0.3, -0.25) is 9.69 Å². The summed E-state index contributed by atoms with van der Waals surface area (Å²) in [4.78, 5) is 18.8. The van der Waals surface area contributed by atoms with Crippen molar-refractivity contribution in [2.24, 2.45) is 0 Å². The van der Waals surface area contributed by atoms with Crippen molar-refractivity contribution in [2.75, 3.05) is 32.8 Å². The third-order valence-corrected chi connectivity index (χ3v) is 3.82. The highest BCUT2D eigenvalue weighted by Crippen LogP contribution is 2.05. The molecule has 1 unspecified atom stereocenters. The minimum atomic E-state index is -0.126. The third-order valence-electron chi connectivity index (χ3n) is 3.82.